The fourth-order valence-corrected chi connectivity index (χ4v) is 4.34. The third-order valence-electron chi connectivity index (χ3n) is 5.34. The van der Waals surface area contributed by atoms with Crippen LogP contribution in [0, 0.1) is 0 Å². The van der Waals surface area contributed by atoms with Crippen molar-refractivity contribution in [3.05, 3.63) is 83.1 Å². The number of nitrogens with one attached hydrogen (secondary N) is 1. The number of urea groups is 1. The van der Waals surface area contributed by atoms with Gasteiger partial charge in [0.15, 0.2) is 0 Å². The van der Waals surface area contributed by atoms with Gasteiger partial charge in [0.25, 0.3) is 5.89 Å². The molecule has 162 valence electrons. The number of thiophene rings is 1. The van der Waals surface area contributed by atoms with Gasteiger partial charge in [-0.3, -0.25) is 4.90 Å². The van der Waals surface area contributed by atoms with Crippen LogP contribution in [0.25, 0.3) is 16.3 Å². The van der Waals surface area contributed by atoms with E-state index >= 15 is 0 Å². The van der Waals surface area contributed by atoms with Gasteiger partial charge in [-0.1, -0.05) is 23.4 Å². The first-order valence-corrected chi connectivity index (χ1v) is 10.8. The van der Waals surface area contributed by atoms with E-state index in [9.17, 15) is 4.79 Å². The van der Waals surface area contributed by atoms with Crippen molar-refractivity contribution in [2.75, 3.05) is 7.11 Å². The van der Waals surface area contributed by atoms with Crippen LogP contribution in [0.15, 0.2) is 74.8 Å². The van der Waals surface area contributed by atoms with E-state index in [0.717, 1.165) is 21.8 Å². The zero-order valence-electron chi connectivity index (χ0n) is 17.4. The summed E-state index contributed by atoms with van der Waals surface area (Å²) in [6, 6.07) is 14.3. The molecule has 0 aliphatic carbocycles. The highest BCUT2D eigenvalue weighted by Gasteiger charge is 2.36. The standard InChI is InChI=1S/C23H20N4O4S/c1-14-19(22-25-21(26-31-22)18-6-4-12-32-18)20(15-7-9-16(29-2)10-8-15)24-23(28)27(14)13-17-5-3-11-30-17/h3-12,20H,13H2,1-2H3,(H,24,28). The molecule has 1 N–H and O–H groups in total. The number of carbonyl (C=O) groups excluding carboxylic acids is 1. The first kappa shape index (κ1) is 20.1. The van der Waals surface area contributed by atoms with Crippen LogP contribution in [-0.4, -0.2) is 28.2 Å². The van der Waals surface area contributed by atoms with E-state index in [4.69, 9.17) is 13.7 Å². The van der Waals surface area contributed by atoms with E-state index in [0.29, 0.717) is 23.2 Å². The monoisotopic (exact) mass is 448 g/mol. The molecular weight excluding hydrogens is 428 g/mol. The maximum absolute atomic E-state index is 13.1. The van der Waals surface area contributed by atoms with Crippen LogP contribution >= 0.6 is 11.3 Å². The Hall–Kier alpha value is -3.85. The van der Waals surface area contributed by atoms with Gasteiger partial charge in [-0.15, -0.1) is 11.3 Å². The number of furan rings is 1. The number of allylic oxidation sites excluding steroid dienone is 1. The summed E-state index contributed by atoms with van der Waals surface area (Å²) in [4.78, 5) is 20.2. The van der Waals surface area contributed by atoms with Gasteiger partial charge in [0.1, 0.15) is 11.5 Å². The van der Waals surface area contributed by atoms with Crippen molar-refractivity contribution in [3.63, 3.8) is 0 Å². The predicted molar refractivity (Wildman–Crippen MR) is 119 cm³/mol. The molecular formula is C23H20N4O4S. The molecule has 0 spiro atoms. The van der Waals surface area contributed by atoms with E-state index in [2.05, 4.69) is 15.5 Å². The Balaban J connectivity index is 1.59. The number of methoxy groups -OCH3 is 1. The lowest BCUT2D eigenvalue weighted by Gasteiger charge is -2.34. The van der Waals surface area contributed by atoms with E-state index in [-0.39, 0.29) is 12.6 Å². The largest absolute Gasteiger partial charge is 0.497 e. The normalized spacial score (nSPS) is 16.4. The number of ether oxygens (including phenoxy) is 1. The van der Waals surface area contributed by atoms with Crippen LogP contribution in [0.1, 0.15) is 30.2 Å². The SMILES string of the molecule is COc1ccc(C2NC(=O)N(Cc3ccco3)C(C)=C2c2nc(-c3cccs3)no2)cc1. The number of hydrogen-bond acceptors (Lipinski definition) is 7. The fourth-order valence-electron chi connectivity index (χ4n) is 3.69. The van der Waals surface area contributed by atoms with Gasteiger partial charge >= 0.3 is 6.03 Å². The van der Waals surface area contributed by atoms with Crippen molar-refractivity contribution in [2.45, 2.75) is 19.5 Å². The molecule has 3 aromatic heterocycles. The summed E-state index contributed by atoms with van der Waals surface area (Å²) < 4.78 is 16.4. The molecule has 1 unspecified atom stereocenters. The molecule has 8 nitrogen and oxygen atoms in total. The van der Waals surface area contributed by atoms with Crippen LogP contribution in [0.5, 0.6) is 5.75 Å². The maximum Gasteiger partial charge on any atom is 0.322 e. The number of benzene rings is 1. The fraction of sp³-hybridized carbons (Fsp3) is 0.174. The van der Waals surface area contributed by atoms with E-state index in [1.165, 1.54) is 11.3 Å². The first-order chi connectivity index (χ1) is 15.6. The molecule has 0 saturated carbocycles. The van der Waals surface area contributed by atoms with Crippen LogP contribution < -0.4 is 10.1 Å². The molecule has 1 aliphatic heterocycles. The summed E-state index contributed by atoms with van der Waals surface area (Å²) >= 11 is 1.53. The minimum atomic E-state index is -0.460. The average Bonchev–Trinajstić information content (AvgIpc) is 3.59. The molecule has 4 aromatic rings. The molecule has 0 bridgehead atoms. The summed E-state index contributed by atoms with van der Waals surface area (Å²) in [7, 11) is 1.62. The Morgan fingerprint density at radius 3 is 2.72 bits per heavy atom. The Morgan fingerprint density at radius 2 is 2.03 bits per heavy atom. The molecule has 5 rings (SSSR count). The van der Waals surface area contributed by atoms with Gasteiger partial charge in [0.2, 0.25) is 5.82 Å². The smallest absolute Gasteiger partial charge is 0.322 e. The van der Waals surface area contributed by atoms with Gasteiger partial charge in [0, 0.05) is 5.70 Å². The van der Waals surface area contributed by atoms with Crippen molar-refractivity contribution in [2.24, 2.45) is 0 Å². The minimum absolute atomic E-state index is 0.235. The summed E-state index contributed by atoms with van der Waals surface area (Å²) in [5.74, 6) is 2.27. The topological polar surface area (TPSA) is 93.6 Å². The minimum Gasteiger partial charge on any atom is -0.497 e. The number of aromatic nitrogens is 2. The Morgan fingerprint density at radius 1 is 1.19 bits per heavy atom. The van der Waals surface area contributed by atoms with Crippen molar-refractivity contribution >= 4 is 22.9 Å². The molecule has 0 saturated heterocycles. The quantitative estimate of drug-likeness (QED) is 0.441. The molecule has 9 heteroatoms. The van der Waals surface area contributed by atoms with Crippen molar-refractivity contribution in [3.8, 4) is 16.5 Å². The van der Waals surface area contributed by atoms with Crippen molar-refractivity contribution < 1.29 is 18.5 Å². The van der Waals surface area contributed by atoms with Crippen molar-refractivity contribution in [1.29, 1.82) is 0 Å². The van der Waals surface area contributed by atoms with Gasteiger partial charge in [-0.05, 0) is 48.2 Å². The molecule has 4 heterocycles. The maximum atomic E-state index is 13.1. The predicted octanol–water partition coefficient (Wildman–Crippen LogP) is 5.10. The number of rotatable bonds is 6. The Bertz CT molecular complexity index is 1240. The zero-order valence-corrected chi connectivity index (χ0v) is 18.3. The molecule has 32 heavy (non-hydrogen) atoms. The number of amides is 2. The summed E-state index contributed by atoms with van der Waals surface area (Å²) in [6.07, 6.45) is 1.59. The molecule has 0 fully saturated rings. The highest BCUT2D eigenvalue weighted by molar-refractivity contribution is 7.13. The van der Waals surface area contributed by atoms with Crippen LogP contribution in [-0.2, 0) is 6.54 Å². The Kier molecular flexibility index (Phi) is 5.24. The summed E-state index contributed by atoms with van der Waals surface area (Å²) in [5.41, 5.74) is 2.32. The summed E-state index contributed by atoms with van der Waals surface area (Å²) in [5, 5.41) is 9.20. The average molecular weight is 449 g/mol. The number of carbonyl (C=O) groups is 1. The molecule has 0 radical (unpaired) electrons. The second-order valence-electron chi connectivity index (χ2n) is 7.22. The highest BCUT2D eigenvalue weighted by Crippen LogP contribution is 2.38. The Labute approximate surface area is 188 Å². The lowest BCUT2D eigenvalue weighted by molar-refractivity contribution is 0.199. The molecule has 1 aliphatic rings. The highest BCUT2D eigenvalue weighted by atomic mass is 32.1. The third kappa shape index (κ3) is 3.67. The van der Waals surface area contributed by atoms with Gasteiger partial charge < -0.3 is 19.0 Å². The lowest BCUT2D eigenvalue weighted by atomic mass is 9.94. The van der Waals surface area contributed by atoms with Gasteiger partial charge in [-0.25, -0.2) is 4.79 Å². The number of hydrogen-bond donors (Lipinski definition) is 1. The zero-order chi connectivity index (χ0) is 22.1. The third-order valence-corrected chi connectivity index (χ3v) is 6.20. The van der Waals surface area contributed by atoms with Crippen LogP contribution in [0.2, 0.25) is 0 Å². The summed E-state index contributed by atoms with van der Waals surface area (Å²) in [6.45, 7) is 2.16. The first-order valence-electron chi connectivity index (χ1n) is 9.97. The van der Waals surface area contributed by atoms with Gasteiger partial charge in [0.05, 0.1) is 36.4 Å². The lowest BCUT2D eigenvalue weighted by Crippen LogP contribution is -2.45. The van der Waals surface area contributed by atoms with Crippen LogP contribution in [0.4, 0.5) is 4.79 Å². The second-order valence-corrected chi connectivity index (χ2v) is 8.17. The van der Waals surface area contributed by atoms with E-state index < -0.39 is 6.04 Å². The van der Waals surface area contributed by atoms with E-state index in [1.807, 2.05) is 54.8 Å². The second kappa shape index (κ2) is 8.35. The number of nitrogens with zero attached hydrogens (tertiary/aromatic N) is 3. The van der Waals surface area contributed by atoms with Crippen molar-refractivity contribution in [1.82, 2.24) is 20.4 Å². The van der Waals surface area contributed by atoms with E-state index in [1.54, 1.807) is 24.3 Å². The van der Waals surface area contributed by atoms with Crippen LogP contribution in [0.3, 0.4) is 0 Å². The molecule has 1 aromatic carbocycles. The molecule has 1 atom stereocenters. The van der Waals surface area contributed by atoms with Gasteiger partial charge in [-0.2, -0.15) is 4.98 Å². The molecule has 2 amide bonds.